The van der Waals surface area contributed by atoms with Crippen LogP contribution < -0.4 is 10.6 Å². The Labute approximate surface area is 233 Å². The Morgan fingerprint density at radius 3 is 2.54 bits per heavy atom. The number of amides is 2. The number of rotatable bonds is 11. The maximum atomic E-state index is 12.7. The van der Waals surface area contributed by atoms with Gasteiger partial charge >= 0.3 is 11.9 Å². The zero-order valence-electron chi connectivity index (χ0n) is 22.7. The predicted molar refractivity (Wildman–Crippen MR) is 138 cm³/mol. The molecule has 220 valence electrons. The molecule has 0 radical (unpaired) electrons. The Hall–Kier alpha value is -1.93. The van der Waals surface area contributed by atoms with Crippen LogP contribution in [0.3, 0.4) is 0 Å². The van der Waals surface area contributed by atoms with Gasteiger partial charge in [0.15, 0.2) is 11.9 Å². The molecule has 2 bridgehead atoms. The lowest BCUT2D eigenvalue weighted by molar-refractivity contribution is -0.576. The van der Waals surface area contributed by atoms with Crippen LogP contribution in [0.2, 0.25) is 0 Å². The topological polar surface area (TPSA) is 159 Å². The van der Waals surface area contributed by atoms with E-state index in [0.29, 0.717) is 18.8 Å². The summed E-state index contributed by atoms with van der Waals surface area (Å²) in [4.78, 5) is 59.5. The highest BCUT2D eigenvalue weighted by molar-refractivity contribution is 7.80. The van der Waals surface area contributed by atoms with Gasteiger partial charge in [0.25, 0.3) is 0 Å². The highest BCUT2D eigenvalue weighted by Crippen LogP contribution is 2.60. The van der Waals surface area contributed by atoms with Gasteiger partial charge in [-0.15, -0.1) is 0 Å². The molecule has 4 saturated heterocycles. The number of thiol groups is 1. The molecular formula is C26H40N2O10S. The molecule has 5 fully saturated rings. The number of carboxylic acid groups (broad SMARTS) is 1. The first-order chi connectivity index (χ1) is 18.5. The monoisotopic (exact) mass is 572 g/mol. The molecule has 4 heterocycles. The molecule has 12 nitrogen and oxygen atoms in total. The number of carbonyl (C=O) groups is 4. The van der Waals surface area contributed by atoms with E-state index < -0.39 is 47.9 Å². The van der Waals surface area contributed by atoms with Crippen LogP contribution in [0.25, 0.3) is 0 Å². The fraction of sp³-hybridized carbons (Fsp3) is 0.846. The molecule has 0 aromatic carbocycles. The average molecular weight is 573 g/mol. The number of nitrogens with one attached hydrogen (secondary N) is 2. The summed E-state index contributed by atoms with van der Waals surface area (Å²) in [7, 11) is 0. The van der Waals surface area contributed by atoms with Gasteiger partial charge in [0.1, 0.15) is 6.04 Å². The number of carbonyl (C=O) groups excluding carboxylic acids is 3. The van der Waals surface area contributed by atoms with Crippen molar-refractivity contribution in [3.05, 3.63) is 0 Å². The van der Waals surface area contributed by atoms with Crippen molar-refractivity contribution in [2.75, 3.05) is 12.3 Å². The van der Waals surface area contributed by atoms with Crippen LogP contribution >= 0.6 is 12.6 Å². The number of carboxylic acids is 1. The van der Waals surface area contributed by atoms with Crippen molar-refractivity contribution in [3.8, 4) is 0 Å². The third kappa shape index (κ3) is 6.37. The highest BCUT2D eigenvalue weighted by Gasteiger charge is 2.69. The standard InChI is InChI=1S/C26H40N2O10S/c1-14-6-7-17-15(2)23(35-24-26(17)16(14)10-11-25(3,36-24)37-38-26)34-21(31)9-8-19(29)27-12-4-5-20(30)28-18(13-39)22(32)33/h14-18,23-24,39H,4-13H2,1-3H3,(H,27,29)(H,28,30)(H,32,33)/t14-,15-,16+,17+,18+,23-,24+,25+,26-/m1/s1. The van der Waals surface area contributed by atoms with Crippen molar-refractivity contribution >= 4 is 36.4 Å². The molecule has 4 aliphatic heterocycles. The van der Waals surface area contributed by atoms with E-state index in [1.165, 1.54) is 0 Å². The zero-order valence-corrected chi connectivity index (χ0v) is 23.6. The molecule has 1 saturated carbocycles. The van der Waals surface area contributed by atoms with E-state index in [-0.39, 0.29) is 55.2 Å². The van der Waals surface area contributed by atoms with Gasteiger partial charge in [-0.1, -0.05) is 13.8 Å². The van der Waals surface area contributed by atoms with Gasteiger partial charge in [0, 0.05) is 43.4 Å². The van der Waals surface area contributed by atoms with Gasteiger partial charge < -0.3 is 30.0 Å². The molecule has 5 rings (SSSR count). The van der Waals surface area contributed by atoms with Crippen molar-refractivity contribution in [2.24, 2.45) is 23.7 Å². The van der Waals surface area contributed by atoms with Gasteiger partial charge in [0.05, 0.1) is 6.42 Å². The van der Waals surface area contributed by atoms with Crippen molar-refractivity contribution in [2.45, 2.75) is 102 Å². The highest BCUT2D eigenvalue weighted by atomic mass is 32.1. The quantitative estimate of drug-likeness (QED) is 0.125. The van der Waals surface area contributed by atoms with Crippen LogP contribution in [-0.4, -0.2) is 71.2 Å². The Kier molecular flexibility index (Phi) is 9.47. The van der Waals surface area contributed by atoms with Crippen LogP contribution in [-0.2, 0) is 43.2 Å². The van der Waals surface area contributed by atoms with Gasteiger partial charge in [-0.25, -0.2) is 14.6 Å². The molecule has 1 spiro atoms. The largest absolute Gasteiger partial charge is 0.480 e. The van der Waals surface area contributed by atoms with Gasteiger partial charge in [-0.3, -0.25) is 14.4 Å². The summed E-state index contributed by atoms with van der Waals surface area (Å²) in [6, 6.07) is -1.06. The molecule has 9 atom stereocenters. The van der Waals surface area contributed by atoms with Gasteiger partial charge in [-0.2, -0.15) is 12.6 Å². The summed E-state index contributed by atoms with van der Waals surface area (Å²) in [5.74, 6) is -2.93. The molecular weight excluding hydrogens is 532 g/mol. The summed E-state index contributed by atoms with van der Waals surface area (Å²) in [6.45, 7) is 6.26. The molecule has 0 aromatic heterocycles. The van der Waals surface area contributed by atoms with Crippen molar-refractivity contribution in [3.63, 3.8) is 0 Å². The first-order valence-electron chi connectivity index (χ1n) is 13.8. The summed E-state index contributed by atoms with van der Waals surface area (Å²) in [6.07, 6.45) is 2.13. The number of hydrogen-bond donors (Lipinski definition) is 4. The van der Waals surface area contributed by atoms with E-state index in [0.717, 1.165) is 19.3 Å². The average Bonchev–Trinajstić information content (AvgIpc) is 3.12. The first-order valence-corrected chi connectivity index (χ1v) is 14.4. The van der Waals surface area contributed by atoms with Crippen LogP contribution in [0.15, 0.2) is 0 Å². The number of hydrogen-bond acceptors (Lipinski definition) is 10. The van der Waals surface area contributed by atoms with Crippen LogP contribution in [0.4, 0.5) is 0 Å². The summed E-state index contributed by atoms with van der Waals surface area (Å²) >= 11 is 3.89. The van der Waals surface area contributed by atoms with Gasteiger partial charge in [0.2, 0.25) is 23.9 Å². The minimum absolute atomic E-state index is 0.0188. The number of aliphatic carboxylic acids is 1. The van der Waals surface area contributed by atoms with Crippen molar-refractivity contribution < 1.29 is 48.3 Å². The smallest absolute Gasteiger partial charge is 0.327 e. The summed E-state index contributed by atoms with van der Waals surface area (Å²) < 4.78 is 18.2. The Morgan fingerprint density at radius 1 is 1.05 bits per heavy atom. The lowest BCUT2D eigenvalue weighted by Gasteiger charge is -2.59. The molecule has 39 heavy (non-hydrogen) atoms. The van der Waals surface area contributed by atoms with E-state index in [1.807, 2.05) is 13.8 Å². The second kappa shape index (κ2) is 12.3. The SMILES string of the molecule is C[C@H]1[C@H](OC(=O)CCC(=O)NCCCC(=O)N[C@@H](CS)C(=O)O)O[C@H]2O[C@]3(C)CC[C@H]4[C@H](C)CC[C@@H]1[C@@]24OO3. The Bertz CT molecular complexity index is 952. The number of fused-ring (bicyclic) bond motifs is 2. The zero-order chi connectivity index (χ0) is 28.4. The third-order valence-electron chi connectivity index (χ3n) is 8.62. The lowest BCUT2D eigenvalue weighted by atomic mass is 9.58. The van der Waals surface area contributed by atoms with E-state index in [9.17, 15) is 19.2 Å². The van der Waals surface area contributed by atoms with Crippen molar-refractivity contribution in [1.29, 1.82) is 0 Å². The first kappa shape index (κ1) is 30.0. The van der Waals surface area contributed by atoms with Crippen LogP contribution in [0.1, 0.15) is 72.1 Å². The Balaban J connectivity index is 1.23. The molecule has 5 aliphatic rings. The molecule has 0 unspecified atom stereocenters. The van der Waals surface area contributed by atoms with E-state index >= 15 is 0 Å². The predicted octanol–water partition coefficient (Wildman–Crippen LogP) is 1.91. The number of ether oxygens (including phenoxy) is 3. The fourth-order valence-electron chi connectivity index (χ4n) is 6.43. The third-order valence-corrected chi connectivity index (χ3v) is 8.98. The van der Waals surface area contributed by atoms with E-state index in [1.54, 1.807) is 0 Å². The van der Waals surface area contributed by atoms with Gasteiger partial charge in [-0.05, 0) is 44.4 Å². The molecule has 3 N–H and O–H groups in total. The van der Waals surface area contributed by atoms with Crippen LogP contribution in [0.5, 0.6) is 0 Å². The number of esters is 1. The van der Waals surface area contributed by atoms with Crippen molar-refractivity contribution in [1.82, 2.24) is 10.6 Å². The molecule has 2 amide bonds. The maximum absolute atomic E-state index is 12.7. The fourth-order valence-corrected chi connectivity index (χ4v) is 6.68. The molecule has 0 aromatic rings. The Morgan fingerprint density at radius 2 is 1.82 bits per heavy atom. The van der Waals surface area contributed by atoms with Crippen LogP contribution in [0, 0.1) is 23.7 Å². The molecule has 13 heteroatoms. The lowest BCUT2D eigenvalue weighted by Crippen LogP contribution is -2.70. The van der Waals surface area contributed by atoms with E-state index in [2.05, 4.69) is 30.2 Å². The molecule has 1 aliphatic carbocycles. The maximum Gasteiger partial charge on any atom is 0.327 e. The summed E-state index contributed by atoms with van der Waals surface area (Å²) in [5.41, 5.74) is -0.742. The minimum Gasteiger partial charge on any atom is -0.480 e. The van der Waals surface area contributed by atoms with E-state index in [4.69, 9.17) is 29.1 Å². The normalized spacial score (nSPS) is 37.6. The summed E-state index contributed by atoms with van der Waals surface area (Å²) in [5, 5.41) is 14.0. The second-order valence-electron chi connectivity index (χ2n) is 11.4. The minimum atomic E-state index is -1.16. The second-order valence-corrected chi connectivity index (χ2v) is 11.7.